The van der Waals surface area contributed by atoms with Gasteiger partial charge in [0.1, 0.15) is 10.6 Å². The highest BCUT2D eigenvalue weighted by Crippen LogP contribution is 2.22. The standard InChI is InChI=1S/C20H17N3O7S2/c1-15-5-11-19(12-6-15)31(26,27)22-21-14-16-7-9-18(10-8-16)30-32(28,29)20-4-2-3-17(13-20)23(24)25/h2-14,22H,1H3. The Balaban J connectivity index is 1.68. The zero-order valence-electron chi connectivity index (χ0n) is 16.6. The molecule has 10 nitrogen and oxygen atoms in total. The highest BCUT2D eigenvalue weighted by atomic mass is 32.2. The molecule has 3 aromatic rings. The second-order valence-electron chi connectivity index (χ2n) is 6.53. The van der Waals surface area contributed by atoms with Crippen LogP contribution in [-0.2, 0) is 20.1 Å². The number of hydrogen-bond acceptors (Lipinski definition) is 8. The van der Waals surface area contributed by atoms with Gasteiger partial charge in [-0.1, -0.05) is 23.8 Å². The molecule has 0 aliphatic heterocycles. The molecule has 0 radical (unpaired) electrons. The van der Waals surface area contributed by atoms with Gasteiger partial charge in [0.05, 0.1) is 16.0 Å². The first kappa shape index (κ1) is 22.9. The number of nitro groups is 1. The fraction of sp³-hybridized carbons (Fsp3) is 0.0500. The van der Waals surface area contributed by atoms with E-state index >= 15 is 0 Å². The third kappa shape index (κ3) is 5.68. The first-order chi connectivity index (χ1) is 15.1. The van der Waals surface area contributed by atoms with Gasteiger partial charge in [-0.15, -0.1) is 0 Å². The Morgan fingerprint density at radius 1 is 0.938 bits per heavy atom. The van der Waals surface area contributed by atoms with E-state index in [4.69, 9.17) is 4.18 Å². The van der Waals surface area contributed by atoms with Crippen molar-refractivity contribution in [3.8, 4) is 5.75 Å². The van der Waals surface area contributed by atoms with Crippen LogP contribution in [0.15, 0.2) is 87.7 Å². The summed E-state index contributed by atoms with van der Waals surface area (Å²) in [4.78, 5) is 11.9. The maximum atomic E-state index is 12.4. The highest BCUT2D eigenvalue weighted by molar-refractivity contribution is 7.89. The van der Waals surface area contributed by atoms with Gasteiger partial charge in [0, 0.05) is 12.1 Å². The lowest BCUT2D eigenvalue weighted by molar-refractivity contribution is -0.385. The van der Waals surface area contributed by atoms with Crippen molar-refractivity contribution >= 4 is 32.0 Å². The molecule has 32 heavy (non-hydrogen) atoms. The van der Waals surface area contributed by atoms with Gasteiger partial charge in [-0.05, 0) is 55.0 Å². The van der Waals surface area contributed by atoms with Crippen LogP contribution in [0.5, 0.6) is 5.75 Å². The van der Waals surface area contributed by atoms with Gasteiger partial charge in [-0.25, -0.2) is 4.83 Å². The average Bonchev–Trinajstić information content (AvgIpc) is 2.75. The van der Waals surface area contributed by atoms with Crippen molar-refractivity contribution in [1.29, 1.82) is 0 Å². The quantitative estimate of drug-likeness (QED) is 0.228. The Morgan fingerprint density at radius 3 is 2.22 bits per heavy atom. The molecular weight excluding hydrogens is 458 g/mol. The van der Waals surface area contributed by atoms with E-state index in [-0.39, 0.29) is 21.2 Å². The lowest BCUT2D eigenvalue weighted by atomic mass is 10.2. The fourth-order valence-electron chi connectivity index (χ4n) is 2.48. The maximum Gasteiger partial charge on any atom is 0.339 e. The molecule has 0 fully saturated rings. The normalized spacial score (nSPS) is 11.9. The van der Waals surface area contributed by atoms with Crippen LogP contribution < -0.4 is 9.01 Å². The number of nitro benzene ring substituents is 1. The molecular formula is C20H17N3O7S2. The summed E-state index contributed by atoms with van der Waals surface area (Å²) >= 11 is 0. The van der Waals surface area contributed by atoms with Crippen LogP contribution in [0, 0.1) is 17.0 Å². The van der Waals surface area contributed by atoms with Crippen LogP contribution in [0.3, 0.4) is 0 Å². The molecule has 0 unspecified atom stereocenters. The number of aryl methyl sites for hydroxylation is 1. The molecule has 166 valence electrons. The minimum atomic E-state index is -4.28. The van der Waals surface area contributed by atoms with Crippen LogP contribution in [0.1, 0.15) is 11.1 Å². The van der Waals surface area contributed by atoms with Gasteiger partial charge in [-0.2, -0.15) is 21.9 Å². The molecule has 0 spiro atoms. The average molecular weight is 476 g/mol. The van der Waals surface area contributed by atoms with Crippen molar-refractivity contribution in [2.24, 2.45) is 5.10 Å². The monoisotopic (exact) mass is 475 g/mol. The Bertz CT molecular complexity index is 1370. The third-order valence-electron chi connectivity index (χ3n) is 4.12. The van der Waals surface area contributed by atoms with Gasteiger partial charge in [0.2, 0.25) is 0 Å². The van der Waals surface area contributed by atoms with E-state index in [9.17, 15) is 26.9 Å². The molecule has 12 heteroatoms. The van der Waals surface area contributed by atoms with Gasteiger partial charge in [0.25, 0.3) is 15.7 Å². The first-order valence-electron chi connectivity index (χ1n) is 8.97. The molecule has 0 bridgehead atoms. The van der Waals surface area contributed by atoms with Crippen molar-refractivity contribution in [3.05, 3.63) is 94.0 Å². The molecule has 0 heterocycles. The van der Waals surface area contributed by atoms with E-state index in [1.807, 2.05) is 6.92 Å². The number of nitrogens with zero attached hydrogens (tertiary/aromatic N) is 2. The fourth-order valence-corrected chi connectivity index (χ4v) is 4.24. The Kier molecular flexibility index (Phi) is 6.55. The first-order valence-corrected chi connectivity index (χ1v) is 11.9. The molecule has 3 rings (SSSR count). The second-order valence-corrected chi connectivity index (χ2v) is 9.73. The molecule has 0 saturated heterocycles. The Hall–Kier alpha value is -3.77. The zero-order valence-corrected chi connectivity index (χ0v) is 18.2. The smallest absolute Gasteiger partial charge is 0.339 e. The predicted molar refractivity (Wildman–Crippen MR) is 116 cm³/mol. The Morgan fingerprint density at radius 2 is 1.59 bits per heavy atom. The summed E-state index contributed by atoms with van der Waals surface area (Å²) in [6, 6.07) is 16.3. The molecule has 0 aliphatic rings. The van der Waals surface area contributed by atoms with Crippen molar-refractivity contribution in [2.75, 3.05) is 0 Å². The second kappa shape index (κ2) is 9.16. The van der Waals surface area contributed by atoms with Crippen LogP contribution in [0.2, 0.25) is 0 Å². The molecule has 3 aromatic carbocycles. The number of sulfonamides is 1. The predicted octanol–water partition coefficient (Wildman–Crippen LogP) is 2.98. The number of benzene rings is 3. The highest BCUT2D eigenvalue weighted by Gasteiger charge is 2.20. The summed E-state index contributed by atoms with van der Waals surface area (Å²) in [5.41, 5.74) is 1.01. The summed E-state index contributed by atoms with van der Waals surface area (Å²) < 4.78 is 54.1. The molecule has 0 amide bonds. The van der Waals surface area contributed by atoms with E-state index in [0.717, 1.165) is 11.6 Å². The lowest BCUT2D eigenvalue weighted by Gasteiger charge is -2.07. The Labute approximate surface area is 184 Å². The summed E-state index contributed by atoms with van der Waals surface area (Å²) in [6.45, 7) is 1.84. The van der Waals surface area contributed by atoms with Crippen LogP contribution in [0.4, 0.5) is 5.69 Å². The van der Waals surface area contributed by atoms with Gasteiger partial charge in [-0.3, -0.25) is 10.1 Å². The van der Waals surface area contributed by atoms with Crippen LogP contribution >= 0.6 is 0 Å². The molecule has 0 aliphatic carbocycles. The van der Waals surface area contributed by atoms with E-state index < -0.39 is 25.1 Å². The topological polar surface area (TPSA) is 145 Å². The van der Waals surface area contributed by atoms with E-state index in [1.54, 1.807) is 12.1 Å². The van der Waals surface area contributed by atoms with Crippen molar-refractivity contribution < 1.29 is 25.9 Å². The number of nitrogens with one attached hydrogen (secondary N) is 1. The maximum absolute atomic E-state index is 12.4. The van der Waals surface area contributed by atoms with E-state index in [2.05, 4.69) is 9.93 Å². The SMILES string of the molecule is Cc1ccc(S(=O)(=O)NN=Cc2ccc(OS(=O)(=O)c3cccc([N+](=O)[O-])c3)cc2)cc1. The van der Waals surface area contributed by atoms with Gasteiger partial charge < -0.3 is 4.18 Å². The molecule has 1 N–H and O–H groups in total. The molecule has 0 saturated carbocycles. The van der Waals surface area contributed by atoms with E-state index in [1.165, 1.54) is 60.8 Å². The van der Waals surface area contributed by atoms with Crippen molar-refractivity contribution in [2.45, 2.75) is 16.7 Å². The summed E-state index contributed by atoms with van der Waals surface area (Å²) in [5.74, 6) is -0.0334. The molecule has 0 atom stereocenters. The number of rotatable bonds is 8. The number of non-ortho nitro benzene ring substituents is 1. The zero-order chi connectivity index (χ0) is 23.4. The van der Waals surface area contributed by atoms with Crippen LogP contribution in [-0.4, -0.2) is 28.0 Å². The van der Waals surface area contributed by atoms with Crippen LogP contribution in [0.25, 0.3) is 0 Å². The number of hydrazone groups is 1. The minimum Gasteiger partial charge on any atom is -0.379 e. The largest absolute Gasteiger partial charge is 0.379 e. The third-order valence-corrected chi connectivity index (χ3v) is 6.60. The summed E-state index contributed by atoms with van der Waals surface area (Å²) in [7, 11) is -8.10. The summed E-state index contributed by atoms with van der Waals surface area (Å²) in [5, 5.41) is 14.5. The lowest BCUT2D eigenvalue weighted by Crippen LogP contribution is -2.18. The van der Waals surface area contributed by atoms with Crippen molar-refractivity contribution in [3.63, 3.8) is 0 Å². The molecule has 0 aromatic heterocycles. The summed E-state index contributed by atoms with van der Waals surface area (Å²) in [6.07, 6.45) is 1.24. The minimum absolute atomic E-state index is 0.0334. The van der Waals surface area contributed by atoms with Gasteiger partial charge in [0.15, 0.2) is 0 Å². The number of hydrogen-bond donors (Lipinski definition) is 1. The van der Waals surface area contributed by atoms with E-state index in [0.29, 0.717) is 5.56 Å². The van der Waals surface area contributed by atoms with Crippen molar-refractivity contribution in [1.82, 2.24) is 4.83 Å². The van der Waals surface area contributed by atoms with Gasteiger partial charge >= 0.3 is 10.1 Å².